The molecule has 138 valence electrons. The second-order valence-electron chi connectivity index (χ2n) is 6.58. The van der Waals surface area contributed by atoms with Crippen molar-refractivity contribution in [3.63, 3.8) is 0 Å². The summed E-state index contributed by atoms with van der Waals surface area (Å²) in [6.45, 7) is 2.09. The van der Waals surface area contributed by atoms with E-state index in [1.165, 1.54) is 41.5 Å². The number of ether oxygens (including phenoxy) is 1. The first-order chi connectivity index (χ1) is 12.8. The third-order valence-electron chi connectivity index (χ3n) is 4.84. The molecule has 5 heteroatoms. The predicted octanol–water partition coefficient (Wildman–Crippen LogP) is 6.52. The van der Waals surface area contributed by atoms with Crippen LogP contribution in [0.3, 0.4) is 0 Å². The standard InChI is InChI=1S/C22H16F4O/c1-2-13-3-8-18-15(9-13)10-16-11-20(21(23)12-19(16)18)14-4-6-17(7-5-14)27-22(24,25)26/h3-9,11-12H,2,10H2,1H3. The van der Waals surface area contributed by atoms with Crippen LogP contribution in [0.5, 0.6) is 5.75 Å². The zero-order valence-corrected chi connectivity index (χ0v) is 14.5. The lowest BCUT2D eigenvalue weighted by Crippen LogP contribution is -2.16. The summed E-state index contributed by atoms with van der Waals surface area (Å²) in [5, 5.41) is 0. The van der Waals surface area contributed by atoms with Gasteiger partial charge in [0.1, 0.15) is 11.6 Å². The lowest BCUT2D eigenvalue weighted by atomic mass is 9.98. The van der Waals surface area contributed by atoms with Gasteiger partial charge in [-0.05, 0) is 70.5 Å². The second-order valence-corrected chi connectivity index (χ2v) is 6.58. The zero-order chi connectivity index (χ0) is 19.2. The largest absolute Gasteiger partial charge is 0.573 e. The van der Waals surface area contributed by atoms with Crippen LogP contribution in [0, 0.1) is 5.82 Å². The van der Waals surface area contributed by atoms with Gasteiger partial charge in [0.2, 0.25) is 0 Å². The molecule has 0 saturated carbocycles. The van der Waals surface area contributed by atoms with Gasteiger partial charge in [-0.15, -0.1) is 13.2 Å². The first-order valence-electron chi connectivity index (χ1n) is 8.65. The maximum Gasteiger partial charge on any atom is 0.573 e. The SMILES string of the molecule is CCc1ccc2c(c1)Cc1cc(-c3ccc(OC(F)(F)F)cc3)c(F)cc1-2. The van der Waals surface area contributed by atoms with Crippen molar-refractivity contribution in [2.75, 3.05) is 0 Å². The highest BCUT2D eigenvalue weighted by atomic mass is 19.4. The summed E-state index contributed by atoms with van der Waals surface area (Å²) < 4.78 is 55.4. The predicted molar refractivity (Wildman–Crippen MR) is 96.1 cm³/mol. The molecule has 1 aliphatic carbocycles. The Kier molecular flexibility index (Phi) is 4.17. The Bertz CT molecular complexity index is 1000. The minimum atomic E-state index is -4.75. The lowest BCUT2D eigenvalue weighted by Gasteiger charge is -2.11. The van der Waals surface area contributed by atoms with E-state index in [-0.39, 0.29) is 5.75 Å². The summed E-state index contributed by atoms with van der Waals surface area (Å²) in [7, 11) is 0. The molecule has 0 aliphatic heterocycles. The van der Waals surface area contributed by atoms with Gasteiger partial charge in [0.05, 0.1) is 0 Å². The summed E-state index contributed by atoms with van der Waals surface area (Å²) in [5.41, 5.74) is 6.24. The fraction of sp³-hybridized carbons (Fsp3) is 0.182. The molecule has 27 heavy (non-hydrogen) atoms. The van der Waals surface area contributed by atoms with Crippen LogP contribution in [0.2, 0.25) is 0 Å². The van der Waals surface area contributed by atoms with Gasteiger partial charge in [0.15, 0.2) is 0 Å². The first-order valence-corrected chi connectivity index (χ1v) is 8.65. The molecule has 0 fully saturated rings. The van der Waals surface area contributed by atoms with E-state index in [0.717, 1.165) is 29.5 Å². The number of aryl methyl sites for hydroxylation is 1. The molecule has 1 aliphatic rings. The van der Waals surface area contributed by atoms with Crippen molar-refractivity contribution >= 4 is 0 Å². The van der Waals surface area contributed by atoms with E-state index < -0.39 is 12.2 Å². The molecule has 4 rings (SSSR count). The van der Waals surface area contributed by atoms with Crippen LogP contribution >= 0.6 is 0 Å². The topological polar surface area (TPSA) is 9.23 Å². The lowest BCUT2D eigenvalue weighted by molar-refractivity contribution is -0.274. The van der Waals surface area contributed by atoms with Crippen molar-refractivity contribution < 1.29 is 22.3 Å². The van der Waals surface area contributed by atoms with Gasteiger partial charge in [0, 0.05) is 5.56 Å². The van der Waals surface area contributed by atoms with Crippen LogP contribution < -0.4 is 4.74 Å². The smallest absolute Gasteiger partial charge is 0.406 e. The molecule has 3 aromatic carbocycles. The van der Waals surface area contributed by atoms with E-state index in [2.05, 4.69) is 23.8 Å². The quantitative estimate of drug-likeness (QED) is 0.372. The Morgan fingerprint density at radius 1 is 0.852 bits per heavy atom. The fourth-order valence-electron chi connectivity index (χ4n) is 3.55. The molecule has 0 amide bonds. The molecule has 0 saturated heterocycles. The number of fused-ring (bicyclic) bond motifs is 3. The van der Waals surface area contributed by atoms with Crippen molar-refractivity contribution in [1.29, 1.82) is 0 Å². The van der Waals surface area contributed by atoms with Crippen LogP contribution in [-0.4, -0.2) is 6.36 Å². The normalized spacial score (nSPS) is 12.6. The maximum atomic E-state index is 14.7. The average molecular weight is 372 g/mol. The highest BCUT2D eigenvalue weighted by Crippen LogP contribution is 2.40. The number of halogens is 4. The zero-order valence-electron chi connectivity index (χ0n) is 14.5. The molecular formula is C22H16F4O. The van der Waals surface area contributed by atoms with Crippen molar-refractivity contribution in [2.24, 2.45) is 0 Å². The molecule has 0 spiro atoms. The number of alkyl halides is 3. The average Bonchev–Trinajstić information content (AvgIpc) is 2.97. The minimum Gasteiger partial charge on any atom is -0.406 e. The Labute approximate surface area is 154 Å². The molecule has 0 radical (unpaired) electrons. The molecule has 0 heterocycles. The summed E-state index contributed by atoms with van der Waals surface area (Å²) in [4.78, 5) is 0. The van der Waals surface area contributed by atoms with Gasteiger partial charge in [0.25, 0.3) is 0 Å². The summed E-state index contributed by atoms with van der Waals surface area (Å²) in [6, 6.07) is 14.8. The van der Waals surface area contributed by atoms with Crippen LogP contribution in [0.4, 0.5) is 17.6 Å². The molecule has 0 unspecified atom stereocenters. The molecule has 3 aromatic rings. The summed E-state index contributed by atoms with van der Waals surface area (Å²) in [6.07, 6.45) is -3.08. The van der Waals surface area contributed by atoms with Crippen LogP contribution in [0.25, 0.3) is 22.3 Å². The summed E-state index contributed by atoms with van der Waals surface area (Å²) in [5.74, 6) is -0.724. The van der Waals surface area contributed by atoms with Crippen LogP contribution in [0.1, 0.15) is 23.6 Å². The van der Waals surface area contributed by atoms with E-state index in [4.69, 9.17) is 0 Å². The van der Waals surface area contributed by atoms with Crippen LogP contribution in [0.15, 0.2) is 54.6 Å². The van der Waals surface area contributed by atoms with Gasteiger partial charge >= 0.3 is 6.36 Å². The van der Waals surface area contributed by atoms with E-state index in [9.17, 15) is 17.6 Å². The fourth-order valence-corrected chi connectivity index (χ4v) is 3.55. The van der Waals surface area contributed by atoms with Crippen molar-refractivity contribution in [1.82, 2.24) is 0 Å². The van der Waals surface area contributed by atoms with Gasteiger partial charge in [-0.1, -0.05) is 37.3 Å². The second kappa shape index (κ2) is 6.41. The molecule has 0 bridgehead atoms. The van der Waals surface area contributed by atoms with E-state index >= 15 is 0 Å². The summed E-state index contributed by atoms with van der Waals surface area (Å²) >= 11 is 0. The Hall–Kier alpha value is -2.82. The number of rotatable bonds is 3. The van der Waals surface area contributed by atoms with E-state index in [1.54, 1.807) is 6.07 Å². The third-order valence-corrected chi connectivity index (χ3v) is 4.84. The monoisotopic (exact) mass is 372 g/mol. The Morgan fingerprint density at radius 2 is 1.56 bits per heavy atom. The van der Waals surface area contributed by atoms with Gasteiger partial charge < -0.3 is 4.74 Å². The maximum absolute atomic E-state index is 14.7. The van der Waals surface area contributed by atoms with Gasteiger partial charge in [-0.2, -0.15) is 0 Å². The van der Waals surface area contributed by atoms with Gasteiger partial charge in [-0.3, -0.25) is 0 Å². The van der Waals surface area contributed by atoms with Crippen LogP contribution in [-0.2, 0) is 12.8 Å². The van der Waals surface area contributed by atoms with E-state index in [1.807, 2.05) is 6.07 Å². The number of benzene rings is 3. The number of hydrogen-bond donors (Lipinski definition) is 0. The van der Waals surface area contributed by atoms with E-state index in [0.29, 0.717) is 11.1 Å². The third kappa shape index (κ3) is 3.42. The highest BCUT2D eigenvalue weighted by molar-refractivity contribution is 5.81. The first kappa shape index (κ1) is 17.6. The van der Waals surface area contributed by atoms with Gasteiger partial charge in [-0.25, -0.2) is 4.39 Å². The van der Waals surface area contributed by atoms with Crippen molar-refractivity contribution in [2.45, 2.75) is 26.1 Å². The molecular weight excluding hydrogens is 356 g/mol. The molecule has 0 N–H and O–H groups in total. The number of hydrogen-bond acceptors (Lipinski definition) is 1. The van der Waals surface area contributed by atoms with Crippen molar-refractivity contribution in [3.05, 3.63) is 77.1 Å². The minimum absolute atomic E-state index is 0.327. The van der Waals surface area contributed by atoms with Crippen molar-refractivity contribution in [3.8, 4) is 28.0 Å². The Balaban J connectivity index is 1.68. The highest BCUT2D eigenvalue weighted by Gasteiger charge is 2.31. The molecule has 1 nitrogen and oxygen atoms in total. The molecule has 0 aromatic heterocycles. The Morgan fingerprint density at radius 3 is 2.22 bits per heavy atom. The molecule has 0 atom stereocenters.